The molecule has 1 unspecified atom stereocenters. The molecule has 0 aliphatic carbocycles. The molecule has 2 rings (SSSR count). The molecule has 0 aliphatic heterocycles. The Labute approximate surface area is 118 Å². The molecule has 0 spiro atoms. The molecule has 5 nitrogen and oxygen atoms in total. The number of aromatic nitrogens is 1. The number of thiophene rings is 1. The topological polar surface area (TPSA) is 85.1 Å². The van der Waals surface area contributed by atoms with Gasteiger partial charge in [-0.2, -0.15) is 11.3 Å². The van der Waals surface area contributed by atoms with Gasteiger partial charge in [-0.3, -0.25) is 9.59 Å². The lowest BCUT2D eigenvalue weighted by Gasteiger charge is -2.08. The molecular weight excluding hydrogens is 282 g/mol. The maximum absolute atomic E-state index is 12.0. The minimum Gasteiger partial charge on any atom is -0.368 e. The summed E-state index contributed by atoms with van der Waals surface area (Å²) in [4.78, 5) is 27.8. The maximum Gasteiger partial charge on any atom is 0.263 e. The van der Waals surface area contributed by atoms with E-state index >= 15 is 0 Å². The Morgan fingerprint density at radius 2 is 2.21 bits per heavy atom. The van der Waals surface area contributed by atoms with E-state index in [4.69, 9.17) is 5.73 Å². The van der Waals surface area contributed by atoms with Crippen molar-refractivity contribution in [2.45, 2.75) is 19.9 Å². The molecule has 7 heteroatoms. The van der Waals surface area contributed by atoms with Crippen LogP contribution in [0.1, 0.15) is 22.3 Å². The van der Waals surface area contributed by atoms with Crippen LogP contribution in [0.25, 0.3) is 10.6 Å². The van der Waals surface area contributed by atoms with Crippen LogP contribution in [0, 0.1) is 6.92 Å². The predicted molar refractivity (Wildman–Crippen MR) is 76.3 cm³/mol. The van der Waals surface area contributed by atoms with Crippen LogP contribution in [0.3, 0.4) is 0 Å². The standard InChI is InChI=1S/C12H13N3O2S2/c1-6-9(11(17)14-7(2)10(13)16)19-12(15-6)8-3-4-18-5-8/h3-5,7H,1-2H3,(H2,13,16)(H,14,17). The lowest BCUT2D eigenvalue weighted by molar-refractivity contribution is -0.119. The highest BCUT2D eigenvalue weighted by atomic mass is 32.1. The molecule has 100 valence electrons. The van der Waals surface area contributed by atoms with Crippen molar-refractivity contribution in [1.29, 1.82) is 0 Å². The number of primary amides is 1. The number of nitrogens with one attached hydrogen (secondary N) is 1. The Kier molecular flexibility index (Phi) is 3.96. The van der Waals surface area contributed by atoms with Crippen LogP contribution in [-0.2, 0) is 4.79 Å². The third-order valence-electron chi connectivity index (χ3n) is 2.55. The number of aryl methyl sites for hydroxylation is 1. The Balaban J connectivity index is 2.21. The van der Waals surface area contributed by atoms with Gasteiger partial charge in [0.25, 0.3) is 5.91 Å². The second-order valence-corrected chi connectivity index (χ2v) is 5.82. The molecule has 2 heterocycles. The minimum atomic E-state index is -0.696. The highest BCUT2D eigenvalue weighted by molar-refractivity contribution is 7.17. The number of amides is 2. The van der Waals surface area contributed by atoms with E-state index in [2.05, 4.69) is 10.3 Å². The summed E-state index contributed by atoms with van der Waals surface area (Å²) in [5, 5.41) is 7.29. The number of hydrogen-bond donors (Lipinski definition) is 2. The van der Waals surface area contributed by atoms with Crippen LogP contribution in [-0.4, -0.2) is 22.8 Å². The molecule has 0 bridgehead atoms. The van der Waals surface area contributed by atoms with E-state index in [0.29, 0.717) is 10.6 Å². The van der Waals surface area contributed by atoms with Gasteiger partial charge in [0, 0.05) is 10.9 Å². The number of carbonyl (C=O) groups is 2. The van der Waals surface area contributed by atoms with Crippen molar-refractivity contribution in [1.82, 2.24) is 10.3 Å². The van der Waals surface area contributed by atoms with Crippen molar-refractivity contribution < 1.29 is 9.59 Å². The smallest absolute Gasteiger partial charge is 0.263 e. The van der Waals surface area contributed by atoms with E-state index in [9.17, 15) is 9.59 Å². The number of nitrogens with two attached hydrogens (primary N) is 1. The number of thiazole rings is 1. The van der Waals surface area contributed by atoms with E-state index in [0.717, 1.165) is 10.6 Å². The van der Waals surface area contributed by atoms with Crippen molar-refractivity contribution in [2.75, 3.05) is 0 Å². The van der Waals surface area contributed by atoms with Crippen molar-refractivity contribution in [3.63, 3.8) is 0 Å². The van der Waals surface area contributed by atoms with E-state index in [1.54, 1.807) is 25.2 Å². The second-order valence-electron chi connectivity index (χ2n) is 4.04. The molecule has 0 saturated heterocycles. The first kappa shape index (κ1) is 13.7. The van der Waals surface area contributed by atoms with E-state index < -0.39 is 11.9 Å². The molecule has 1 atom stereocenters. The van der Waals surface area contributed by atoms with Crippen LogP contribution in [0.4, 0.5) is 0 Å². The first-order valence-corrected chi connectivity index (χ1v) is 7.35. The maximum atomic E-state index is 12.0. The van der Waals surface area contributed by atoms with Gasteiger partial charge in [0.05, 0.1) is 5.69 Å². The molecule has 0 aliphatic rings. The number of hydrogen-bond acceptors (Lipinski definition) is 5. The summed E-state index contributed by atoms with van der Waals surface area (Å²) in [5.74, 6) is -0.878. The molecule has 2 aromatic rings. The summed E-state index contributed by atoms with van der Waals surface area (Å²) in [6, 6.07) is 1.26. The summed E-state index contributed by atoms with van der Waals surface area (Å²) in [6.07, 6.45) is 0. The van der Waals surface area contributed by atoms with Crippen LogP contribution in [0.2, 0.25) is 0 Å². The number of carbonyl (C=O) groups excluding carboxylic acids is 2. The van der Waals surface area contributed by atoms with Crippen LogP contribution in [0.5, 0.6) is 0 Å². The fourth-order valence-corrected chi connectivity index (χ4v) is 3.13. The summed E-state index contributed by atoms with van der Waals surface area (Å²) < 4.78 is 0. The van der Waals surface area contributed by atoms with Gasteiger partial charge in [-0.15, -0.1) is 11.3 Å². The Bertz CT molecular complexity index is 605. The van der Waals surface area contributed by atoms with Crippen molar-refractivity contribution >= 4 is 34.5 Å². The van der Waals surface area contributed by atoms with Gasteiger partial charge in [0.1, 0.15) is 15.9 Å². The average Bonchev–Trinajstić information content (AvgIpc) is 2.96. The summed E-state index contributed by atoms with van der Waals surface area (Å²) in [6.45, 7) is 3.33. The molecule has 0 aromatic carbocycles. The van der Waals surface area contributed by atoms with Crippen LogP contribution >= 0.6 is 22.7 Å². The summed E-state index contributed by atoms with van der Waals surface area (Å²) in [5.41, 5.74) is 6.77. The molecule has 3 N–H and O–H groups in total. The third-order valence-corrected chi connectivity index (χ3v) is 4.43. The zero-order valence-electron chi connectivity index (χ0n) is 10.5. The fourth-order valence-electron chi connectivity index (χ4n) is 1.45. The highest BCUT2D eigenvalue weighted by Crippen LogP contribution is 2.29. The lowest BCUT2D eigenvalue weighted by Crippen LogP contribution is -2.42. The first-order valence-electron chi connectivity index (χ1n) is 5.59. The third kappa shape index (κ3) is 2.99. The van der Waals surface area contributed by atoms with Crippen molar-refractivity contribution in [3.05, 3.63) is 27.4 Å². The fraction of sp³-hybridized carbons (Fsp3) is 0.250. The van der Waals surface area contributed by atoms with Crippen molar-refractivity contribution in [2.24, 2.45) is 5.73 Å². The molecule has 0 fully saturated rings. The predicted octanol–water partition coefficient (Wildman–Crippen LogP) is 1.78. The van der Waals surface area contributed by atoms with Crippen molar-refractivity contribution in [3.8, 4) is 10.6 Å². The van der Waals surface area contributed by atoms with Gasteiger partial charge in [-0.25, -0.2) is 4.98 Å². The molecule has 0 radical (unpaired) electrons. The van der Waals surface area contributed by atoms with Gasteiger partial charge in [-0.05, 0) is 25.3 Å². The SMILES string of the molecule is Cc1nc(-c2ccsc2)sc1C(=O)NC(C)C(N)=O. The molecule has 0 saturated carbocycles. The normalized spacial score (nSPS) is 12.1. The molecule has 19 heavy (non-hydrogen) atoms. The quantitative estimate of drug-likeness (QED) is 0.901. The Morgan fingerprint density at radius 3 is 2.79 bits per heavy atom. The summed E-state index contributed by atoms with van der Waals surface area (Å²) in [7, 11) is 0. The zero-order valence-corrected chi connectivity index (χ0v) is 12.1. The van der Waals surface area contributed by atoms with Gasteiger partial charge >= 0.3 is 0 Å². The second kappa shape index (κ2) is 5.50. The number of nitrogens with zero attached hydrogens (tertiary/aromatic N) is 1. The van der Waals surface area contributed by atoms with Crippen LogP contribution in [0.15, 0.2) is 16.8 Å². The Morgan fingerprint density at radius 1 is 1.47 bits per heavy atom. The van der Waals surface area contributed by atoms with Crippen LogP contribution < -0.4 is 11.1 Å². The van der Waals surface area contributed by atoms with E-state index in [1.165, 1.54) is 11.3 Å². The monoisotopic (exact) mass is 295 g/mol. The highest BCUT2D eigenvalue weighted by Gasteiger charge is 2.19. The Hall–Kier alpha value is -1.73. The molecule has 2 aromatic heterocycles. The zero-order chi connectivity index (χ0) is 14.0. The van der Waals surface area contributed by atoms with Gasteiger partial charge in [-0.1, -0.05) is 0 Å². The van der Waals surface area contributed by atoms with Gasteiger partial charge < -0.3 is 11.1 Å². The number of rotatable bonds is 4. The van der Waals surface area contributed by atoms with E-state index in [1.807, 2.05) is 16.8 Å². The van der Waals surface area contributed by atoms with E-state index in [-0.39, 0.29) is 5.91 Å². The van der Waals surface area contributed by atoms with Gasteiger partial charge in [0.15, 0.2) is 0 Å². The molecule has 2 amide bonds. The lowest BCUT2D eigenvalue weighted by atomic mass is 10.3. The average molecular weight is 295 g/mol. The summed E-state index contributed by atoms with van der Waals surface area (Å²) >= 11 is 2.89. The van der Waals surface area contributed by atoms with Gasteiger partial charge in [0.2, 0.25) is 5.91 Å². The first-order chi connectivity index (χ1) is 8.99. The minimum absolute atomic E-state index is 0.317. The molecular formula is C12H13N3O2S2. The largest absolute Gasteiger partial charge is 0.368 e.